The zero-order valence-corrected chi connectivity index (χ0v) is 11.2. The normalized spacial score (nSPS) is 11.8. The molecule has 0 aromatic heterocycles. The number of aliphatic carboxylic acids is 1. The molecule has 0 radical (unpaired) electrons. The first kappa shape index (κ1) is 15.2. The molecule has 0 fully saturated rings. The molecule has 0 aliphatic rings. The topological polar surface area (TPSA) is 69.6 Å². The van der Waals surface area contributed by atoms with Gasteiger partial charge in [0.1, 0.15) is 11.9 Å². The number of halogens is 2. The molecule has 19 heavy (non-hydrogen) atoms. The molecule has 0 heterocycles. The van der Waals surface area contributed by atoms with E-state index in [4.69, 9.17) is 16.7 Å². The van der Waals surface area contributed by atoms with Gasteiger partial charge in [0.25, 0.3) is 0 Å². The van der Waals surface area contributed by atoms with Crippen LogP contribution in [0.15, 0.2) is 18.2 Å². The number of carboxylic acids is 1. The SMILES string of the molecule is CC(C(=O)O)N(C)C(=O)NCc1ccc(F)c(Cl)c1. The molecule has 2 N–H and O–H groups in total. The Kier molecular flexibility index (Phi) is 5.11. The summed E-state index contributed by atoms with van der Waals surface area (Å²) in [6, 6.07) is 2.62. The predicted octanol–water partition coefficient (Wildman–Crippen LogP) is 2.09. The van der Waals surface area contributed by atoms with Gasteiger partial charge in [0.2, 0.25) is 0 Å². The summed E-state index contributed by atoms with van der Waals surface area (Å²) in [5.41, 5.74) is 0.621. The van der Waals surface area contributed by atoms with Gasteiger partial charge in [-0.3, -0.25) is 0 Å². The number of carbonyl (C=O) groups is 2. The summed E-state index contributed by atoms with van der Waals surface area (Å²) in [7, 11) is 1.38. The summed E-state index contributed by atoms with van der Waals surface area (Å²) in [6.45, 7) is 1.53. The lowest BCUT2D eigenvalue weighted by Crippen LogP contribution is -2.45. The Bertz CT molecular complexity index is 496. The number of rotatable bonds is 4. The van der Waals surface area contributed by atoms with Gasteiger partial charge in [0.15, 0.2) is 0 Å². The van der Waals surface area contributed by atoms with Gasteiger partial charge in [-0.1, -0.05) is 17.7 Å². The number of urea groups is 1. The number of hydrogen-bond donors (Lipinski definition) is 2. The van der Waals surface area contributed by atoms with E-state index in [1.54, 1.807) is 0 Å². The van der Waals surface area contributed by atoms with Crippen LogP contribution < -0.4 is 5.32 Å². The molecule has 1 unspecified atom stereocenters. The number of carboxylic acid groups (broad SMARTS) is 1. The first-order chi connectivity index (χ1) is 8.82. The monoisotopic (exact) mass is 288 g/mol. The molecule has 104 valence electrons. The number of nitrogens with zero attached hydrogens (tertiary/aromatic N) is 1. The van der Waals surface area contributed by atoms with Gasteiger partial charge in [-0.25, -0.2) is 14.0 Å². The van der Waals surface area contributed by atoms with Crippen molar-refractivity contribution in [3.8, 4) is 0 Å². The number of nitrogens with one attached hydrogen (secondary N) is 1. The molecule has 0 saturated carbocycles. The van der Waals surface area contributed by atoms with Crippen molar-refractivity contribution in [3.63, 3.8) is 0 Å². The van der Waals surface area contributed by atoms with E-state index in [1.165, 1.54) is 32.2 Å². The van der Waals surface area contributed by atoms with Crippen LogP contribution in [0.1, 0.15) is 12.5 Å². The lowest BCUT2D eigenvalue weighted by molar-refractivity contribution is -0.141. The summed E-state index contributed by atoms with van der Waals surface area (Å²) in [6.07, 6.45) is 0. The molecule has 0 aliphatic heterocycles. The Morgan fingerprint density at radius 2 is 2.16 bits per heavy atom. The number of likely N-dealkylation sites (N-methyl/N-ethyl adjacent to an activating group) is 1. The van der Waals surface area contributed by atoms with Crippen LogP contribution in [0.2, 0.25) is 5.02 Å². The Hall–Kier alpha value is -1.82. The Morgan fingerprint density at radius 3 is 2.68 bits per heavy atom. The van der Waals surface area contributed by atoms with Gasteiger partial charge in [0.05, 0.1) is 5.02 Å². The molecule has 0 bridgehead atoms. The van der Waals surface area contributed by atoms with E-state index >= 15 is 0 Å². The minimum atomic E-state index is -1.09. The van der Waals surface area contributed by atoms with Crippen LogP contribution in [-0.2, 0) is 11.3 Å². The third kappa shape index (κ3) is 4.10. The Labute approximate surface area is 115 Å². The summed E-state index contributed by atoms with van der Waals surface area (Å²) >= 11 is 5.61. The minimum absolute atomic E-state index is 0.0287. The van der Waals surface area contributed by atoms with Crippen molar-refractivity contribution in [1.82, 2.24) is 10.2 Å². The maximum Gasteiger partial charge on any atom is 0.326 e. The highest BCUT2D eigenvalue weighted by atomic mass is 35.5. The Morgan fingerprint density at radius 1 is 1.53 bits per heavy atom. The summed E-state index contributed by atoms with van der Waals surface area (Å²) in [4.78, 5) is 23.4. The summed E-state index contributed by atoms with van der Waals surface area (Å²) in [5.74, 6) is -1.63. The lowest BCUT2D eigenvalue weighted by Gasteiger charge is -2.21. The van der Waals surface area contributed by atoms with Gasteiger partial charge < -0.3 is 15.3 Å². The number of carbonyl (C=O) groups excluding carboxylic acids is 1. The largest absolute Gasteiger partial charge is 0.480 e. The zero-order valence-electron chi connectivity index (χ0n) is 10.5. The van der Waals surface area contributed by atoms with Crippen LogP contribution in [0, 0.1) is 5.82 Å². The molecule has 1 aromatic carbocycles. The van der Waals surface area contributed by atoms with Crippen molar-refractivity contribution in [2.45, 2.75) is 19.5 Å². The van der Waals surface area contributed by atoms with Crippen LogP contribution >= 0.6 is 11.6 Å². The van der Waals surface area contributed by atoms with Gasteiger partial charge in [-0.05, 0) is 24.6 Å². The highest BCUT2D eigenvalue weighted by Gasteiger charge is 2.21. The molecule has 0 saturated heterocycles. The fourth-order valence-corrected chi connectivity index (χ4v) is 1.50. The first-order valence-corrected chi connectivity index (χ1v) is 5.88. The second-order valence-corrected chi connectivity index (χ2v) is 4.44. The average molecular weight is 289 g/mol. The number of amides is 2. The molecular formula is C12H14ClFN2O3. The maximum atomic E-state index is 12.9. The number of hydrogen-bond acceptors (Lipinski definition) is 2. The second-order valence-electron chi connectivity index (χ2n) is 4.03. The molecule has 0 spiro atoms. The van der Waals surface area contributed by atoms with Gasteiger partial charge in [-0.15, -0.1) is 0 Å². The predicted molar refractivity (Wildman–Crippen MR) is 68.5 cm³/mol. The molecule has 5 nitrogen and oxygen atoms in total. The number of benzene rings is 1. The van der Waals surface area contributed by atoms with E-state index in [-0.39, 0.29) is 11.6 Å². The third-order valence-electron chi connectivity index (χ3n) is 2.69. The zero-order chi connectivity index (χ0) is 14.6. The smallest absolute Gasteiger partial charge is 0.326 e. The van der Waals surface area contributed by atoms with Crippen LogP contribution in [-0.4, -0.2) is 35.1 Å². The van der Waals surface area contributed by atoms with E-state index < -0.39 is 23.9 Å². The third-order valence-corrected chi connectivity index (χ3v) is 2.98. The molecule has 7 heteroatoms. The summed E-state index contributed by atoms with van der Waals surface area (Å²) in [5, 5.41) is 11.3. The molecule has 2 amide bonds. The van der Waals surface area contributed by atoms with Gasteiger partial charge >= 0.3 is 12.0 Å². The van der Waals surface area contributed by atoms with E-state index in [0.717, 1.165) is 4.90 Å². The second kappa shape index (κ2) is 6.38. The van der Waals surface area contributed by atoms with Crippen molar-refractivity contribution in [3.05, 3.63) is 34.6 Å². The van der Waals surface area contributed by atoms with Crippen LogP contribution in [0.3, 0.4) is 0 Å². The summed E-state index contributed by atoms with van der Waals surface area (Å²) < 4.78 is 12.9. The fourth-order valence-electron chi connectivity index (χ4n) is 1.29. The van der Waals surface area contributed by atoms with Gasteiger partial charge in [0, 0.05) is 13.6 Å². The quantitative estimate of drug-likeness (QED) is 0.891. The van der Waals surface area contributed by atoms with Crippen molar-refractivity contribution < 1.29 is 19.1 Å². The van der Waals surface area contributed by atoms with Gasteiger partial charge in [-0.2, -0.15) is 0 Å². The van der Waals surface area contributed by atoms with Crippen molar-refractivity contribution >= 4 is 23.6 Å². The van der Waals surface area contributed by atoms with E-state index in [0.29, 0.717) is 5.56 Å². The lowest BCUT2D eigenvalue weighted by atomic mass is 10.2. The van der Waals surface area contributed by atoms with Crippen LogP contribution in [0.25, 0.3) is 0 Å². The highest BCUT2D eigenvalue weighted by Crippen LogP contribution is 2.15. The van der Waals surface area contributed by atoms with Crippen molar-refractivity contribution in [2.24, 2.45) is 0 Å². The first-order valence-electron chi connectivity index (χ1n) is 5.50. The minimum Gasteiger partial charge on any atom is -0.480 e. The molecule has 1 aromatic rings. The van der Waals surface area contributed by atoms with E-state index in [2.05, 4.69) is 5.32 Å². The molecular weight excluding hydrogens is 275 g/mol. The van der Waals surface area contributed by atoms with E-state index in [9.17, 15) is 14.0 Å². The molecule has 1 atom stereocenters. The Balaban J connectivity index is 2.59. The van der Waals surface area contributed by atoms with Crippen molar-refractivity contribution in [2.75, 3.05) is 7.05 Å². The standard InChI is InChI=1S/C12H14ClFN2O3/c1-7(11(17)18)16(2)12(19)15-6-8-3-4-10(14)9(13)5-8/h3-5,7H,6H2,1-2H3,(H,15,19)(H,17,18). The van der Waals surface area contributed by atoms with Crippen molar-refractivity contribution in [1.29, 1.82) is 0 Å². The maximum absolute atomic E-state index is 12.9. The highest BCUT2D eigenvalue weighted by molar-refractivity contribution is 6.30. The van der Waals surface area contributed by atoms with Crippen LogP contribution in [0.5, 0.6) is 0 Å². The average Bonchev–Trinajstić information content (AvgIpc) is 2.37. The van der Waals surface area contributed by atoms with E-state index in [1.807, 2.05) is 0 Å². The molecule has 0 aliphatic carbocycles. The fraction of sp³-hybridized carbons (Fsp3) is 0.333. The van der Waals surface area contributed by atoms with Crippen LogP contribution in [0.4, 0.5) is 9.18 Å². The molecule has 1 rings (SSSR count).